The fraction of sp³-hybridized carbons (Fsp3) is 0.550. The minimum absolute atomic E-state index is 0.706. The van der Waals surface area contributed by atoms with Gasteiger partial charge in [-0.05, 0) is 58.4 Å². The van der Waals surface area contributed by atoms with Crippen LogP contribution >= 0.6 is 0 Å². The highest BCUT2D eigenvalue weighted by atomic mass is 15.1. The third-order valence-corrected chi connectivity index (χ3v) is 4.96. The van der Waals surface area contributed by atoms with Crippen LogP contribution in [-0.4, -0.2) is 59.0 Å². The fourth-order valence-corrected chi connectivity index (χ4v) is 3.57. The van der Waals surface area contributed by atoms with Crippen molar-refractivity contribution in [2.45, 2.75) is 32.4 Å². The SMILES string of the molecule is CNc1ncccc1CN1CCC(Cc2cnc(CN(C)C)cn2)CC1. The van der Waals surface area contributed by atoms with Crippen molar-refractivity contribution < 1.29 is 0 Å². The number of rotatable bonds is 7. The first-order chi connectivity index (χ1) is 12.6. The average molecular weight is 355 g/mol. The van der Waals surface area contributed by atoms with E-state index in [-0.39, 0.29) is 0 Å². The van der Waals surface area contributed by atoms with E-state index in [2.05, 4.69) is 50.2 Å². The second-order valence-corrected chi connectivity index (χ2v) is 7.42. The van der Waals surface area contributed by atoms with Crippen molar-refractivity contribution in [2.75, 3.05) is 39.5 Å². The first-order valence-corrected chi connectivity index (χ1v) is 9.42. The molecule has 0 bridgehead atoms. The van der Waals surface area contributed by atoms with Crippen molar-refractivity contribution in [3.8, 4) is 0 Å². The summed E-state index contributed by atoms with van der Waals surface area (Å²) < 4.78 is 0. The summed E-state index contributed by atoms with van der Waals surface area (Å²) in [5.74, 6) is 1.70. The Balaban J connectivity index is 1.48. The number of anilines is 1. The van der Waals surface area contributed by atoms with Gasteiger partial charge in [-0.3, -0.25) is 14.9 Å². The molecule has 2 aromatic rings. The molecule has 0 amide bonds. The summed E-state index contributed by atoms with van der Waals surface area (Å²) in [4.78, 5) is 18.2. The van der Waals surface area contributed by atoms with Crippen LogP contribution in [0.25, 0.3) is 0 Å². The van der Waals surface area contributed by atoms with E-state index in [1.54, 1.807) is 0 Å². The van der Waals surface area contributed by atoms with Gasteiger partial charge in [0.1, 0.15) is 5.82 Å². The van der Waals surface area contributed by atoms with E-state index >= 15 is 0 Å². The van der Waals surface area contributed by atoms with Crippen LogP contribution in [0.15, 0.2) is 30.7 Å². The van der Waals surface area contributed by atoms with Crippen LogP contribution in [0.1, 0.15) is 29.8 Å². The number of nitrogens with zero attached hydrogens (tertiary/aromatic N) is 5. The van der Waals surface area contributed by atoms with Gasteiger partial charge in [0.05, 0.1) is 17.6 Å². The Morgan fingerprint density at radius 2 is 1.85 bits per heavy atom. The molecule has 2 aromatic heterocycles. The maximum absolute atomic E-state index is 4.62. The van der Waals surface area contributed by atoms with Crippen LogP contribution in [0.2, 0.25) is 0 Å². The number of hydrogen-bond donors (Lipinski definition) is 1. The van der Waals surface area contributed by atoms with Crippen molar-refractivity contribution in [1.82, 2.24) is 24.8 Å². The highest BCUT2D eigenvalue weighted by molar-refractivity contribution is 5.42. The molecule has 1 fully saturated rings. The second kappa shape index (κ2) is 9.05. The smallest absolute Gasteiger partial charge is 0.130 e. The fourth-order valence-electron chi connectivity index (χ4n) is 3.57. The lowest BCUT2D eigenvalue weighted by atomic mass is 9.92. The largest absolute Gasteiger partial charge is 0.373 e. The van der Waals surface area contributed by atoms with Crippen molar-refractivity contribution in [1.29, 1.82) is 0 Å². The van der Waals surface area contributed by atoms with Gasteiger partial charge in [-0.15, -0.1) is 0 Å². The Morgan fingerprint density at radius 1 is 1.12 bits per heavy atom. The van der Waals surface area contributed by atoms with E-state index < -0.39 is 0 Å². The van der Waals surface area contributed by atoms with Gasteiger partial charge in [0.25, 0.3) is 0 Å². The third kappa shape index (κ3) is 5.22. The third-order valence-electron chi connectivity index (χ3n) is 4.96. The van der Waals surface area contributed by atoms with Crippen molar-refractivity contribution >= 4 is 5.82 Å². The molecule has 0 atom stereocenters. The van der Waals surface area contributed by atoms with Crippen LogP contribution in [0.5, 0.6) is 0 Å². The molecule has 1 N–H and O–H groups in total. The molecule has 6 nitrogen and oxygen atoms in total. The summed E-state index contributed by atoms with van der Waals surface area (Å²) in [6.45, 7) is 4.08. The summed E-state index contributed by atoms with van der Waals surface area (Å²) in [6, 6.07) is 4.18. The number of piperidine rings is 1. The monoisotopic (exact) mass is 354 g/mol. The molecule has 0 aliphatic carbocycles. The van der Waals surface area contributed by atoms with E-state index in [4.69, 9.17) is 0 Å². The molecule has 0 aromatic carbocycles. The molecule has 6 heteroatoms. The standard InChI is InChI=1S/C20H30N6/c1-21-20-17(5-4-8-22-20)14-26-9-6-16(7-10-26)11-18-12-24-19(13-23-18)15-25(2)3/h4-5,8,12-13,16H,6-7,9-11,14-15H2,1-3H3,(H,21,22). The average Bonchev–Trinajstić information content (AvgIpc) is 2.65. The zero-order valence-electron chi connectivity index (χ0n) is 16.1. The molecular formula is C20H30N6. The summed E-state index contributed by atoms with van der Waals surface area (Å²) in [5, 5.41) is 3.19. The van der Waals surface area contributed by atoms with Gasteiger partial charge in [-0.2, -0.15) is 0 Å². The quantitative estimate of drug-likeness (QED) is 0.824. The molecule has 0 unspecified atom stereocenters. The lowest BCUT2D eigenvalue weighted by molar-refractivity contribution is 0.176. The summed E-state index contributed by atoms with van der Waals surface area (Å²) in [6.07, 6.45) is 9.20. The summed E-state index contributed by atoms with van der Waals surface area (Å²) >= 11 is 0. The molecule has 1 aliphatic heterocycles. The number of nitrogens with one attached hydrogen (secondary N) is 1. The predicted molar refractivity (Wildman–Crippen MR) is 105 cm³/mol. The van der Waals surface area contributed by atoms with Crippen molar-refractivity contribution in [3.63, 3.8) is 0 Å². The molecule has 3 heterocycles. The molecule has 140 valence electrons. The van der Waals surface area contributed by atoms with Gasteiger partial charge in [0.15, 0.2) is 0 Å². The first-order valence-electron chi connectivity index (χ1n) is 9.42. The Hall–Kier alpha value is -2.05. The summed E-state index contributed by atoms with van der Waals surface area (Å²) in [5.41, 5.74) is 3.43. The molecule has 0 radical (unpaired) electrons. The first kappa shape index (κ1) is 18.7. The predicted octanol–water partition coefficient (Wildman–Crippen LogP) is 2.43. The molecule has 26 heavy (non-hydrogen) atoms. The zero-order chi connectivity index (χ0) is 18.4. The zero-order valence-corrected chi connectivity index (χ0v) is 16.1. The number of hydrogen-bond acceptors (Lipinski definition) is 6. The van der Waals surface area contributed by atoms with Gasteiger partial charge in [0.2, 0.25) is 0 Å². The normalized spacial score (nSPS) is 16.2. The van der Waals surface area contributed by atoms with Crippen molar-refractivity contribution in [3.05, 3.63) is 47.7 Å². The lowest BCUT2D eigenvalue weighted by Gasteiger charge is -2.32. The maximum atomic E-state index is 4.62. The molecule has 0 spiro atoms. The molecular weight excluding hydrogens is 324 g/mol. The number of likely N-dealkylation sites (tertiary alicyclic amines) is 1. The van der Waals surface area contributed by atoms with E-state index in [1.165, 1.54) is 18.4 Å². The second-order valence-electron chi connectivity index (χ2n) is 7.42. The lowest BCUT2D eigenvalue weighted by Crippen LogP contribution is -2.34. The minimum Gasteiger partial charge on any atom is -0.373 e. The maximum Gasteiger partial charge on any atom is 0.130 e. The van der Waals surface area contributed by atoms with Gasteiger partial charge in [-0.1, -0.05) is 6.07 Å². The summed E-state index contributed by atoms with van der Waals surface area (Å²) in [7, 11) is 6.03. The van der Waals surface area contributed by atoms with Crippen molar-refractivity contribution in [2.24, 2.45) is 5.92 Å². The Kier molecular flexibility index (Phi) is 6.52. The Labute approximate surface area is 156 Å². The highest BCUT2D eigenvalue weighted by Gasteiger charge is 2.21. The van der Waals surface area contributed by atoms with Gasteiger partial charge in [0, 0.05) is 38.1 Å². The number of pyridine rings is 1. The minimum atomic E-state index is 0.706. The van der Waals surface area contributed by atoms with Crippen LogP contribution < -0.4 is 5.32 Å². The van der Waals surface area contributed by atoms with Crippen LogP contribution in [0.3, 0.4) is 0 Å². The van der Waals surface area contributed by atoms with E-state index in [1.807, 2.05) is 31.7 Å². The van der Waals surface area contributed by atoms with E-state index in [9.17, 15) is 0 Å². The van der Waals surface area contributed by atoms with Crippen LogP contribution in [-0.2, 0) is 19.5 Å². The molecule has 3 rings (SSSR count). The van der Waals surface area contributed by atoms with Crippen LogP contribution in [0, 0.1) is 5.92 Å². The number of aromatic nitrogens is 3. The van der Waals surface area contributed by atoms with Gasteiger partial charge in [-0.25, -0.2) is 4.98 Å². The highest BCUT2D eigenvalue weighted by Crippen LogP contribution is 2.23. The molecule has 1 saturated heterocycles. The molecule has 0 saturated carbocycles. The van der Waals surface area contributed by atoms with E-state index in [0.717, 1.165) is 49.8 Å². The van der Waals surface area contributed by atoms with Gasteiger partial charge >= 0.3 is 0 Å². The molecule has 1 aliphatic rings. The Bertz CT molecular complexity index is 677. The van der Waals surface area contributed by atoms with Crippen LogP contribution in [0.4, 0.5) is 5.82 Å². The van der Waals surface area contributed by atoms with Gasteiger partial charge < -0.3 is 10.2 Å². The van der Waals surface area contributed by atoms with E-state index in [0.29, 0.717) is 5.92 Å². The topological polar surface area (TPSA) is 57.2 Å². The Morgan fingerprint density at radius 3 is 2.50 bits per heavy atom.